The van der Waals surface area contributed by atoms with Crippen LogP contribution in [0.1, 0.15) is 33.4 Å². The zero-order chi connectivity index (χ0) is 40.2. The summed E-state index contributed by atoms with van der Waals surface area (Å²) >= 11 is 0. The third-order valence-electron chi connectivity index (χ3n) is 11.8. The average Bonchev–Trinajstić information content (AvgIpc) is 3.62. The molecule has 5 nitrogen and oxygen atoms in total. The van der Waals surface area contributed by atoms with Crippen LogP contribution in [0.5, 0.6) is 11.5 Å². The van der Waals surface area contributed by atoms with Gasteiger partial charge in [0, 0.05) is 33.4 Å². The van der Waals surface area contributed by atoms with Crippen molar-refractivity contribution in [3.8, 4) is 90.9 Å². The molecule has 5 heteroatoms. The fourth-order valence-electron chi connectivity index (χ4n) is 9.20. The quantitative estimate of drug-likeness (QED) is 0.174. The number of para-hydroxylation sites is 2. The third-order valence-corrected chi connectivity index (χ3v) is 11.8. The van der Waals surface area contributed by atoms with E-state index in [0.717, 1.165) is 73.0 Å². The molecule has 0 N–H and O–H groups in total. The molecular weight excluding hydrogens is 733 g/mol. The van der Waals surface area contributed by atoms with Crippen LogP contribution in [0.4, 0.5) is 0 Å². The first-order valence-corrected chi connectivity index (χ1v) is 19.8. The number of hydrogen-bond acceptors (Lipinski definition) is 5. The molecule has 9 aromatic rings. The van der Waals surface area contributed by atoms with Crippen molar-refractivity contribution in [2.75, 3.05) is 0 Å². The van der Waals surface area contributed by atoms with Gasteiger partial charge in [-0.25, -0.2) is 9.97 Å². The molecule has 2 aliphatic rings. The van der Waals surface area contributed by atoms with Gasteiger partial charge in [-0.3, -0.25) is 0 Å². The fraction of sp³-hybridized carbons (Fsp3) is 0.0182. The average molecular weight is 765 g/mol. The minimum absolute atomic E-state index is 0.450. The molecule has 0 bridgehead atoms. The van der Waals surface area contributed by atoms with Gasteiger partial charge >= 0.3 is 0 Å². The minimum Gasteiger partial charge on any atom is -0.455 e. The van der Waals surface area contributed by atoms with Gasteiger partial charge in [0.05, 0.1) is 40.1 Å². The van der Waals surface area contributed by atoms with Gasteiger partial charge in [0.2, 0.25) is 0 Å². The number of nitrogens with zero attached hydrogens (tertiary/aromatic N) is 4. The van der Waals surface area contributed by atoms with E-state index < -0.39 is 5.41 Å². The first-order valence-electron chi connectivity index (χ1n) is 19.8. The Balaban J connectivity index is 1.16. The lowest BCUT2D eigenvalue weighted by Crippen LogP contribution is -2.32. The summed E-state index contributed by atoms with van der Waals surface area (Å²) in [5.41, 5.74) is 15.1. The maximum atomic E-state index is 9.66. The summed E-state index contributed by atoms with van der Waals surface area (Å²) in [4.78, 5) is 10.4. The largest absolute Gasteiger partial charge is 0.455 e. The summed E-state index contributed by atoms with van der Waals surface area (Å²) in [6.45, 7) is 0. The lowest BCUT2D eigenvalue weighted by Gasteiger charge is -2.40. The molecule has 1 spiro atoms. The van der Waals surface area contributed by atoms with Crippen LogP contribution in [-0.2, 0) is 5.41 Å². The lowest BCUT2D eigenvalue weighted by molar-refractivity contribution is 0.439. The number of fused-ring (bicyclic) bond motifs is 9. The second-order valence-electron chi connectivity index (χ2n) is 15.1. The normalized spacial score (nSPS) is 12.6. The minimum atomic E-state index is -0.703. The monoisotopic (exact) mass is 764 g/mol. The van der Waals surface area contributed by atoms with E-state index in [9.17, 15) is 10.5 Å². The van der Waals surface area contributed by atoms with Crippen LogP contribution in [0.3, 0.4) is 0 Å². The van der Waals surface area contributed by atoms with Crippen molar-refractivity contribution >= 4 is 0 Å². The number of ether oxygens (including phenoxy) is 1. The Morgan fingerprint density at radius 1 is 0.367 bits per heavy atom. The van der Waals surface area contributed by atoms with Crippen LogP contribution in [0.15, 0.2) is 194 Å². The fourth-order valence-corrected chi connectivity index (χ4v) is 9.20. The van der Waals surface area contributed by atoms with Gasteiger partial charge in [-0.05, 0) is 69.3 Å². The predicted octanol–water partition coefficient (Wildman–Crippen LogP) is 13.0. The number of nitriles is 2. The molecule has 278 valence electrons. The zero-order valence-corrected chi connectivity index (χ0v) is 32.2. The Bertz CT molecular complexity index is 3120. The Morgan fingerprint density at radius 3 is 1.47 bits per heavy atom. The van der Waals surface area contributed by atoms with Crippen LogP contribution in [0.25, 0.3) is 67.3 Å². The van der Waals surface area contributed by atoms with Crippen molar-refractivity contribution in [3.63, 3.8) is 0 Å². The zero-order valence-electron chi connectivity index (χ0n) is 32.2. The number of rotatable bonds is 5. The van der Waals surface area contributed by atoms with Gasteiger partial charge in [0.15, 0.2) is 5.82 Å². The van der Waals surface area contributed by atoms with Crippen molar-refractivity contribution in [1.82, 2.24) is 9.97 Å². The van der Waals surface area contributed by atoms with E-state index in [2.05, 4.69) is 127 Å². The molecule has 0 amide bonds. The van der Waals surface area contributed by atoms with Gasteiger partial charge in [0.1, 0.15) is 11.5 Å². The molecule has 8 aromatic carbocycles. The highest BCUT2D eigenvalue weighted by Gasteiger charge is 2.52. The standard InChI is InChI=1S/C55H32N4O/c56-33-35-29-36(34-57)31-41(30-35)37-25-27-38(28-26-37)42-19-11-23-48-52(42)60-53-45(51-32-50(39-13-3-1-4-14-39)58-54(59-51)40-15-5-2-6-16-40)20-12-24-49(53)55(48)46-21-9-7-17-43(46)44-18-8-10-22-47(44)55/h1-32H. The molecule has 11 rings (SSSR count). The molecule has 0 saturated carbocycles. The Labute approximate surface area is 347 Å². The van der Waals surface area contributed by atoms with Crippen molar-refractivity contribution in [3.05, 3.63) is 228 Å². The Hall–Kier alpha value is -8.38. The molecule has 60 heavy (non-hydrogen) atoms. The molecule has 1 aliphatic carbocycles. The summed E-state index contributed by atoms with van der Waals surface area (Å²) in [6, 6.07) is 70.7. The van der Waals surface area contributed by atoms with Gasteiger partial charge < -0.3 is 4.74 Å². The van der Waals surface area contributed by atoms with Crippen molar-refractivity contribution in [2.24, 2.45) is 0 Å². The number of benzene rings is 8. The SMILES string of the molecule is N#Cc1cc(C#N)cc(-c2ccc(-c3cccc4c3Oc3c(-c5cc(-c6ccccc6)nc(-c6ccccc6)n5)cccc3C43c4ccccc4-c4ccccc43)cc2)c1. The predicted molar refractivity (Wildman–Crippen MR) is 236 cm³/mol. The van der Waals surface area contributed by atoms with Crippen molar-refractivity contribution in [2.45, 2.75) is 5.41 Å². The lowest BCUT2D eigenvalue weighted by atomic mass is 9.65. The summed E-state index contributed by atoms with van der Waals surface area (Å²) in [7, 11) is 0. The van der Waals surface area contributed by atoms with E-state index in [1.807, 2.05) is 72.8 Å². The summed E-state index contributed by atoms with van der Waals surface area (Å²) in [6.07, 6.45) is 0. The molecule has 1 aromatic heterocycles. The van der Waals surface area contributed by atoms with E-state index >= 15 is 0 Å². The molecule has 0 fully saturated rings. The molecule has 0 unspecified atom stereocenters. The summed E-state index contributed by atoms with van der Waals surface area (Å²) < 4.78 is 7.40. The first kappa shape index (κ1) is 34.8. The van der Waals surface area contributed by atoms with Crippen molar-refractivity contribution < 1.29 is 4.74 Å². The van der Waals surface area contributed by atoms with E-state index in [1.54, 1.807) is 6.07 Å². The number of aromatic nitrogens is 2. The maximum Gasteiger partial charge on any atom is 0.160 e. The van der Waals surface area contributed by atoms with Gasteiger partial charge in [-0.2, -0.15) is 10.5 Å². The smallest absolute Gasteiger partial charge is 0.160 e. The van der Waals surface area contributed by atoms with Crippen molar-refractivity contribution in [1.29, 1.82) is 10.5 Å². The highest BCUT2D eigenvalue weighted by Crippen LogP contribution is 2.64. The van der Waals surface area contributed by atoms with E-state index in [4.69, 9.17) is 14.7 Å². The van der Waals surface area contributed by atoms with Gasteiger partial charge in [-0.15, -0.1) is 0 Å². The van der Waals surface area contributed by atoms with E-state index in [1.165, 1.54) is 22.3 Å². The van der Waals surface area contributed by atoms with E-state index in [0.29, 0.717) is 17.0 Å². The van der Waals surface area contributed by atoms with Crippen LogP contribution in [0, 0.1) is 22.7 Å². The molecule has 0 radical (unpaired) electrons. The highest BCUT2D eigenvalue weighted by molar-refractivity contribution is 5.92. The second-order valence-corrected chi connectivity index (χ2v) is 15.1. The summed E-state index contributed by atoms with van der Waals surface area (Å²) in [5, 5.41) is 19.3. The molecule has 2 heterocycles. The summed E-state index contributed by atoms with van der Waals surface area (Å²) in [5.74, 6) is 2.15. The topological polar surface area (TPSA) is 82.6 Å². The third kappa shape index (κ3) is 5.38. The molecular formula is C55H32N4O. The first-order chi connectivity index (χ1) is 29.6. The van der Waals surface area contributed by atoms with Gasteiger partial charge in [-0.1, -0.05) is 164 Å². The van der Waals surface area contributed by atoms with E-state index in [-0.39, 0.29) is 0 Å². The molecule has 1 aliphatic heterocycles. The highest BCUT2D eigenvalue weighted by atomic mass is 16.5. The van der Waals surface area contributed by atoms with Crippen LogP contribution >= 0.6 is 0 Å². The molecule has 0 atom stereocenters. The van der Waals surface area contributed by atoms with Crippen LogP contribution in [-0.4, -0.2) is 9.97 Å². The van der Waals surface area contributed by atoms with Gasteiger partial charge in [0.25, 0.3) is 0 Å². The Kier molecular flexibility index (Phi) is 8.08. The van der Waals surface area contributed by atoms with Crippen LogP contribution < -0.4 is 4.74 Å². The molecule has 0 saturated heterocycles. The van der Waals surface area contributed by atoms with Crippen LogP contribution in [0.2, 0.25) is 0 Å². The maximum absolute atomic E-state index is 9.66. The second kappa shape index (κ2) is 13.9. The Morgan fingerprint density at radius 2 is 0.850 bits per heavy atom. The number of hydrogen-bond donors (Lipinski definition) is 0.